The molecule has 0 radical (unpaired) electrons. The number of morpholine rings is 1. The number of rotatable bonds is 8. The molecule has 3 N–H and O–H groups in total. The number of nitriles is 1. The average Bonchev–Trinajstić information content (AvgIpc) is 3.28. The summed E-state index contributed by atoms with van der Waals surface area (Å²) in [4.78, 5) is 1.88. The maximum atomic E-state index is 12.7. The van der Waals surface area contributed by atoms with Gasteiger partial charge in [-0.2, -0.15) is 5.26 Å². The highest BCUT2D eigenvalue weighted by molar-refractivity contribution is 7.93. The third kappa shape index (κ3) is 5.31. The molecule has 1 saturated heterocycles. The van der Waals surface area contributed by atoms with Gasteiger partial charge in [0.25, 0.3) is 10.0 Å². The Morgan fingerprint density at radius 3 is 2.53 bits per heavy atom. The highest BCUT2D eigenvalue weighted by atomic mass is 32.2. The quantitative estimate of drug-likeness (QED) is 0.397. The van der Waals surface area contributed by atoms with Crippen molar-refractivity contribution in [1.29, 1.82) is 5.26 Å². The Bertz CT molecular complexity index is 1430. The zero-order valence-corrected chi connectivity index (χ0v) is 21.1. The van der Waals surface area contributed by atoms with E-state index in [9.17, 15) is 18.8 Å². The van der Waals surface area contributed by atoms with Crippen molar-refractivity contribution < 1.29 is 23.4 Å². The number of nitrogens with one attached hydrogen (secondary N) is 1. The van der Waals surface area contributed by atoms with E-state index in [1.54, 1.807) is 19.1 Å². The van der Waals surface area contributed by atoms with Crippen LogP contribution in [-0.2, 0) is 21.8 Å². The van der Waals surface area contributed by atoms with Gasteiger partial charge < -0.3 is 24.4 Å². The lowest BCUT2D eigenvalue weighted by atomic mass is 10.0. The fourth-order valence-electron chi connectivity index (χ4n) is 4.39. The number of hydrogen-bond acceptors (Lipinski definition) is 7. The fourth-order valence-corrected chi connectivity index (χ4v) is 5.58. The second kappa shape index (κ2) is 10.8. The Balaban J connectivity index is 1.64. The molecule has 1 aromatic heterocycles. The molecular weight excluding hydrogens is 480 g/mol. The lowest BCUT2D eigenvalue weighted by Crippen LogP contribution is -2.36. The lowest BCUT2D eigenvalue weighted by molar-refractivity contribution is 0.0989. The van der Waals surface area contributed by atoms with Gasteiger partial charge in [0, 0.05) is 49.3 Å². The molecule has 190 valence electrons. The number of aliphatic hydroxyl groups excluding tert-OH is 2. The molecule has 3 aromatic rings. The van der Waals surface area contributed by atoms with Crippen LogP contribution in [0.4, 0.5) is 5.69 Å². The Morgan fingerprint density at radius 1 is 1.14 bits per heavy atom. The van der Waals surface area contributed by atoms with E-state index in [0.717, 1.165) is 48.3 Å². The zero-order valence-electron chi connectivity index (χ0n) is 20.3. The molecule has 0 bridgehead atoms. The second-order valence-electron chi connectivity index (χ2n) is 8.76. The van der Waals surface area contributed by atoms with Crippen molar-refractivity contribution in [2.45, 2.75) is 13.0 Å². The van der Waals surface area contributed by atoms with Crippen LogP contribution in [0.5, 0.6) is 0 Å². The Hall–Kier alpha value is -3.20. The lowest BCUT2D eigenvalue weighted by Gasteiger charge is -2.29. The van der Waals surface area contributed by atoms with Gasteiger partial charge >= 0.3 is 0 Å². The third-order valence-electron chi connectivity index (χ3n) is 6.43. The van der Waals surface area contributed by atoms with Gasteiger partial charge in [-0.15, -0.1) is 0 Å². The predicted octanol–water partition coefficient (Wildman–Crippen LogP) is 2.21. The van der Waals surface area contributed by atoms with E-state index in [0.29, 0.717) is 5.69 Å². The van der Waals surface area contributed by atoms with Gasteiger partial charge in [0.15, 0.2) is 4.91 Å². The van der Waals surface area contributed by atoms with Crippen LogP contribution in [0.2, 0.25) is 0 Å². The van der Waals surface area contributed by atoms with Crippen molar-refractivity contribution in [3.8, 4) is 17.3 Å². The molecule has 1 atom stereocenters. The first-order valence-corrected chi connectivity index (χ1v) is 13.2. The van der Waals surface area contributed by atoms with Crippen molar-refractivity contribution >= 4 is 32.1 Å². The second-order valence-corrected chi connectivity index (χ2v) is 10.5. The molecule has 4 rings (SSSR count). The van der Waals surface area contributed by atoms with E-state index >= 15 is 0 Å². The average molecular weight is 511 g/mol. The first-order valence-electron chi connectivity index (χ1n) is 11.7. The maximum Gasteiger partial charge on any atom is 0.251 e. The number of aliphatic hydroxyl groups is 2. The van der Waals surface area contributed by atoms with Crippen molar-refractivity contribution in [2.24, 2.45) is 7.05 Å². The summed E-state index contributed by atoms with van der Waals surface area (Å²) in [7, 11) is -2.34. The molecule has 2 aromatic carbocycles. The summed E-state index contributed by atoms with van der Waals surface area (Å²) in [5.41, 5.74) is 3.88. The molecule has 1 aliphatic rings. The van der Waals surface area contributed by atoms with Gasteiger partial charge in [-0.25, -0.2) is 13.1 Å². The largest absolute Gasteiger partial charge is 0.394 e. The summed E-state index contributed by atoms with van der Waals surface area (Å²) in [5.74, 6) is 0. The van der Waals surface area contributed by atoms with Gasteiger partial charge in [0.2, 0.25) is 0 Å². The number of benzene rings is 2. The molecule has 9 nitrogen and oxygen atoms in total. The highest BCUT2D eigenvalue weighted by Crippen LogP contribution is 2.31. The van der Waals surface area contributed by atoms with E-state index in [4.69, 9.17) is 9.84 Å². The molecule has 2 heterocycles. The third-order valence-corrected chi connectivity index (χ3v) is 7.91. The van der Waals surface area contributed by atoms with Crippen LogP contribution < -0.4 is 9.62 Å². The number of aromatic nitrogens is 1. The van der Waals surface area contributed by atoms with Crippen molar-refractivity contribution in [3.05, 3.63) is 59.1 Å². The van der Waals surface area contributed by atoms with E-state index in [1.807, 2.05) is 23.7 Å². The molecule has 0 spiro atoms. The summed E-state index contributed by atoms with van der Waals surface area (Å²) in [6.07, 6.45) is -1.25. The number of nitrogens with zero attached hydrogens (tertiary/aromatic N) is 3. The fraction of sp³-hybridized carbons (Fsp3) is 0.346. The number of hydrogen-bond donors (Lipinski definition) is 3. The minimum Gasteiger partial charge on any atom is -0.394 e. The van der Waals surface area contributed by atoms with E-state index in [2.05, 4.69) is 40.0 Å². The van der Waals surface area contributed by atoms with Crippen LogP contribution in [0.3, 0.4) is 0 Å². The topological polar surface area (TPSA) is 128 Å². The van der Waals surface area contributed by atoms with Crippen LogP contribution in [0.25, 0.3) is 27.6 Å². The van der Waals surface area contributed by atoms with Gasteiger partial charge in [0.05, 0.1) is 25.9 Å². The Morgan fingerprint density at radius 2 is 1.83 bits per heavy atom. The van der Waals surface area contributed by atoms with Crippen LogP contribution in [0.1, 0.15) is 12.6 Å². The van der Waals surface area contributed by atoms with E-state index in [-0.39, 0.29) is 12.1 Å². The molecule has 0 amide bonds. The normalized spacial score (nSPS) is 16.0. The van der Waals surface area contributed by atoms with Gasteiger partial charge in [-0.3, -0.25) is 0 Å². The van der Waals surface area contributed by atoms with Gasteiger partial charge in [-0.1, -0.05) is 18.2 Å². The molecule has 0 aliphatic carbocycles. The number of fused-ring (bicyclic) bond motifs is 1. The first-order chi connectivity index (χ1) is 17.2. The van der Waals surface area contributed by atoms with Crippen LogP contribution >= 0.6 is 0 Å². The van der Waals surface area contributed by atoms with Gasteiger partial charge in [-0.05, 0) is 53.6 Å². The first kappa shape index (κ1) is 25.9. The van der Waals surface area contributed by atoms with Crippen molar-refractivity contribution in [3.63, 3.8) is 0 Å². The Kier molecular flexibility index (Phi) is 7.78. The minimum atomic E-state index is -4.17. The van der Waals surface area contributed by atoms with Crippen molar-refractivity contribution in [1.82, 2.24) is 9.29 Å². The molecule has 1 aliphatic heterocycles. The summed E-state index contributed by atoms with van der Waals surface area (Å²) in [5, 5.41) is 30.2. The van der Waals surface area contributed by atoms with Gasteiger partial charge in [0.1, 0.15) is 6.07 Å². The van der Waals surface area contributed by atoms with E-state index < -0.39 is 27.6 Å². The molecule has 10 heteroatoms. The summed E-state index contributed by atoms with van der Waals surface area (Å²) in [6.45, 7) is 3.81. The number of sulfonamides is 1. The zero-order chi connectivity index (χ0) is 25.9. The molecule has 1 unspecified atom stereocenters. The molecular formula is C26H30N4O5S. The molecule has 36 heavy (non-hydrogen) atoms. The number of ether oxygens (including phenoxy) is 1. The smallest absolute Gasteiger partial charge is 0.251 e. The van der Waals surface area contributed by atoms with Crippen LogP contribution in [0.15, 0.2) is 53.4 Å². The molecule has 0 saturated carbocycles. The Labute approximate surface area is 210 Å². The predicted molar refractivity (Wildman–Crippen MR) is 140 cm³/mol. The minimum absolute atomic E-state index is 0.285. The highest BCUT2D eigenvalue weighted by Gasteiger charge is 2.23. The van der Waals surface area contributed by atoms with Crippen molar-refractivity contribution in [2.75, 3.05) is 44.4 Å². The summed E-state index contributed by atoms with van der Waals surface area (Å²) >= 11 is 0. The summed E-state index contributed by atoms with van der Waals surface area (Å²) in [6, 6.07) is 18.1. The summed E-state index contributed by atoms with van der Waals surface area (Å²) < 4.78 is 34.8. The monoisotopic (exact) mass is 510 g/mol. The number of allylic oxidation sites excluding steroid dienone is 2. The molecule has 1 fully saturated rings. The van der Waals surface area contributed by atoms with Crippen LogP contribution in [0, 0.1) is 11.3 Å². The SMILES string of the molecule is CC(=C(C#N)S(=O)(=O)NCC(O)CO)c1ccc(-c2ccc3cc(N4CCOCC4)ccc3c2)n1C. The van der Waals surface area contributed by atoms with Crippen LogP contribution in [-0.4, -0.2) is 68.8 Å². The standard InChI is InChI=1S/C26H30N4O5S/c1-18(26(15-27)36(33,34)28-16-23(32)17-31)24-7-8-25(29(24)2)21-4-3-20-14-22(6-5-19(20)13-21)30-9-11-35-12-10-30/h3-8,13-14,23,28,31-32H,9-12,16-17H2,1-2H3. The maximum absolute atomic E-state index is 12.7. The van der Waals surface area contributed by atoms with E-state index in [1.165, 1.54) is 5.69 Å². The number of anilines is 1.